The van der Waals surface area contributed by atoms with E-state index in [1.807, 2.05) is 55.1 Å². The first-order chi connectivity index (χ1) is 18.3. The van der Waals surface area contributed by atoms with E-state index in [1.54, 1.807) is 18.3 Å². The predicted octanol–water partition coefficient (Wildman–Crippen LogP) is 3.13. The van der Waals surface area contributed by atoms with Crippen molar-refractivity contribution < 1.29 is 19.8 Å². The Morgan fingerprint density at radius 1 is 1.05 bits per heavy atom. The molecule has 0 radical (unpaired) electrons. The summed E-state index contributed by atoms with van der Waals surface area (Å²) >= 11 is 0. The summed E-state index contributed by atoms with van der Waals surface area (Å²) in [6.07, 6.45) is 3.76. The van der Waals surface area contributed by atoms with Crippen molar-refractivity contribution in [1.29, 1.82) is 0 Å². The number of benzene rings is 2. The molecule has 0 unspecified atom stereocenters. The molecule has 9 nitrogen and oxygen atoms in total. The zero-order valence-electron chi connectivity index (χ0n) is 22.5. The molecule has 2 amide bonds. The van der Waals surface area contributed by atoms with E-state index < -0.39 is 12.1 Å². The van der Waals surface area contributed by atoms with Gasteiger partial charge in [0.1, 0.15) is 5.69 Å². The van der Waals surface area contributed by atoms with Crippen LogP contribution in [0.5, 0.6) is 0 Å². The van der Waals surface area contributed by atoms with E-state index >= 15 is 0 Å². The first-order valence-electron chi connectivity index (χ1n) is 13.3. The molecule has 0 aliphatic heterocycles. The van der Waals surface area contributed by atoms with Crippen molar-refractivity contribution in [3.8, 4) is 0 Å². The number of hydrogen-bond donors (Lipinski definition) is 3. The van der Waals surface area contributed by atoms with Crippen LogP contribution in [-0.4, -0.2) is 67.2 Å². The number of aromatic nitrogens is 3. The van der Waals surface area contributed by atoms with Crippen LogP contribution < -0.4 is 5.32 Å². The number of nitrogens with zero attached hydrogens (tertiary/aromatic N) is 4. The number of aliphatic hydroxyl groups is 2. The molecule has 2 atom stereocenters. The number of amides is 2. The lowest BCUT2D eigenvalue weighted by Crippen LogP contribution is -2.46. The maximum atomic E-state index is 13.4. The van der Waals surface area contributed by atoms with Gasteiger partial charge in [-0.05, 0) is 55.5 Å². The fourth-order valence-electron chi connectivity index (χ4n) is 4.38. The highest BCUT2D eigenvalue weighted by Crippen LogP contribution is 2.15. The third kappa shape index (κ3) is 8.22. The lowest BCUT2D eigenvalue weighted by molar-refractivity contribution is 0.0752. The third-order valence-corrected chi connectivity index (χ3v) is 6.35. The van der Waals surface area contributed by atoms with Crippen molar-refractivity contribution in [1.82, 2.24) is 25.2 Å². The van der Waals surface area contributed by atoms with Crippen molar-refractivity contribution in [2.24, 2.45) is 0 Å². The highest BCUT2D eigenvalue weighted by atomic mass is 16.3. The average molecular weight is 522 g/mol. The van der Waals surface area contributed by atoms with Crippen molar-refractivity contribution in [2.75, 3.05) is 13.1 Å². The summed E-state index contributed by atoms with van der Waals surface area (Å²) in [5.74, 6) is -0.447. The van der Waals surface area contributed by atoms with Crippen LogP contribution >= 0.6 is 0 Å². The molecule has 3 N–H and O–H groups in total. The largest absolute Gasteiger partial charge is 0.390 e. The molecule has 0 aliphatic rings. The van der Waals surface area contributed by atoms with Gasteiger partial charge in [0.25, 0.3) is 11.8 Å². The van der Waals surface area contributed by atoms with Gasteiger partial charge in [-0.1, -0.05) is 55.8 Å². The van der Waals surface area contributed by atoms with Gasteiger partial charge in [0, 0.05) is 24.2 Å². The zero-order valence-corrected chi connectivity index (χ0v) is 22.5. The molecule has 3 rings (SSSR count). The van der Waals surface area contributed by atoms with Gasteiger partial charge in [-0.3, -0.25) is 9.59 Å². The average Bonchev–Trinajstić information content (AvgIpc) is 3.38. The number of aliphatic hydroxyl groups excluding tert-OH is 2. The van der Waals surface area contributed by atoms with Gasteiger partial charge in [-0.25, -0.2) is 4.68 Å². The number of hydrogen-bond acceptors (Lipinski definition) is 6. The molecule has 0 fully saturated rings. The van der Waals surface area contributed by atoms with E-state index in [9.17, 15) is 19.8 Å². The predicted molar refractivity (Wildman–Crippen MR) is 146 cm³/mol. The Labute approximate surface area is 224 Å². The molecule has 204 valence electrons. The third-order valence-electron chi connectivity index (χ3n) is 6.35. The summed E-state index contributed by atoms with van der Waals surface area (Å²) < 4.78 is 1.45. The van der Waals surface area contributed by atoms with Gasteiger partial charge in [-0.2, -0.15) is 0 Å². The Hall–Kier alpha value is -3.56. The number of aryl methyl sites for hydroxylation is 1. The Morgan fingerprint density at radius 2 is 1.79 bits per heavy atom. The summed E-state index contributed by atoms with van der Waals surface area (Å²) in [7, 11) is 0. The van der Waals surface area contributed by atoms with Crippen LogP contribution in [0.15, 0.2) is 54.7 Å². The lowest BCUT2D eigenvalue weighted by atomic mass is 9.99. The molecule has 0 saturated carbocycles. The fraction of sp³-hybridized carbons (Fsp3) is 0.448. The molecule has 38 heavy (non-hydrogen) atoms. The van der Waals surface area contributed by atoms with Crippen LogP contribution in [0.2, 0.25) is 0 Å². The van der Waals surface area contributed by atoms with Crippen molar-refractivity contribution >= 4 is 11.8 Å². The van der Waals surface area contributed by atoms with Gasteiger partial charge in [0.2, 0.25) is 0 Å². The molecule has 1 heterocycles. The minimum Gasteiger partial charge on any atom is -0.390 e. The Balaban J connectivity index is 1.82. The molecular formula is C29H39N5O4. The molecule has 3 aromatic rings. The molecule has 0 bridgehead atoms. The highest BCUT2D eigenvalue weighted by molar-refractivity contribution is 6.00. The molecule has 0 spiro atoms. The van der Waals surface area contributed by atoms with Crippen LogP contribution in [0.3, 0.4) is 0 Å². The first-order valence-corrected chi connectivity index (χ1v) is 13.3. The van der Waals surface area contributed by atoms with Crippen LogP contribution in [-0.2, 0) is 19.6 Å². The van der Waals surface area contributed by atoms with E-state index in [0.717, 1.165) is 30.4 Å². The SMILES string of the molecule is CCCCN(CCC)C(=O)c1cc(C)cc(C(=O)N[C@@H](Cc2ccccc2)[C@@H](O)Cn2cc(CO)nn2)c1. The number of nitrogens with one attached hydrogen (secondary N) is 1. The minimum absolute atomic E-state index is 0.0789. The van der Waals surface area contributed by atoms with E-state index in [2.05, 4.69) is 22.6 Å². The van der Waals surface area contributed by atoms with Gasteiger partial charge < -0.3 is 20.4 Å². The summed E-state index contributed by atoms with van der Waals surface area (Å²) in [4.78, 5) is 28.6. The molecule has 1 aromatic heterocycles. The summed E-state index contributed by atoms with van der Waals surface area (Å²) in [5, 5.41) is 31.1. The summed E-state index contributed by atoms with van der Waals surface area (Å²) in [6.45, 7) is 7.20. The topological polar surface area (TPSA) is 121 Å². The normalized spacial score (nSPS) is 12.7. The van der Waals surface area contributed by atoms with E-state index in [4.69, 9.17) is 0 Å². The van der Waals surface area contributed by atoms with Crippen molar-refractivity contribution in [3.63, 3.8) is 0 Å². The van der Waals surface area contributed by atoms with Gasteiger partial charge in [-0.15, -0.1) is 5.10 Å². The zero-order chi connectivity index (χ0) is 27.5. The molecule has 9 heteroatoms. The van der Waals surface area contributed by atoms with Crippen LogP contribution in [0.4, 0.5) is 0 Å². The number of carbonyl (C=O) groups is 2. The summed E-state index contributed by atoms with van der Waals surface area (Å²) in [6, 6.07) is 14.2. The van der Waals surface area contributed by atoms with Gasteiger partial charge >= 0.3 is 0 Å². The number of rotatable bonds is 14. The van der Waals surface area contributed by atoms with E-state index in [0.29, 0.717) is 36.3 Å². The molecular weight excluding hydrogens is 482 g/mol. The second-order valence-electron chi connectivity index (χ2n) is 9.66. The fourth-order valence-corrected chi connectivity index (χ4v) is 4.38. The maximum absolute atomic E-state index is 13.4. The highest BCUT2D eigenvalue weighted by Gasteiger charge is 2.25. The van der Waals surface area contributed by atoms with Crippen molar-refractivity contribution in [3.05, 3.63) is 82.7 Å². The maximum Gasteiger partial charge on any atom is 0.253 e. The quantitative estimate of drug-likeness (QED) is 0.300. The molecule has 2 aromatic carbocycles. The van der Waals surface area contributed by atoms with Gasteiger partial charge in [0.15, 0.2) is 0 Å². The lowest BCUT2D eigenvalue weighted by Gasteiger charge is -2.25. The summed E-state index contributed by atoms with van der Waals surface area (Å²) in [5.41, 5.74) is 3.02. The number of unbranched alkanes of at least 4 members (excludes halogenated alkanes) is 1. The molecule has 0 aliphatic carbocycles. The van der Waals surface area contributed by atoms with E-state index in [-0.39, 0.29) is 25.0 Å². The van der Waals surface area contributed by atoms with Gasteiger partial charge in [0.05, 0.1) is 31.5 Å². The Kier molecular flexibility index (Phi) is 11.0. The molecule has 0 saturated heterocycles. The minimum atomic E-state index is -0.979. The monoisotopic (exact) mass is 521 g/mol. The second-order valence-corrected chi connectivity index (χ2v) is 9.66. The standard InChI is InChI=1S/C29H39N5O4/c1-4-6-13-33(12-5-2)29(38)24-15-21(3)14-23(17-24)28(37)30-26(16-22-10-8-7-9-11-22)27(36)19-34-18-25(20-35)31-32-34/h7-11,14-15,17-18,26-27,35-36H,4-6,12-13,16,19-20H2,1-3H3,(H,30,37)/t26-,27-/m0/s1. The smallest absolute Gasteiger partial charge is 0.253 e. The van der Waals surface area contributed by atoms with E-state index in [1.165, 1.54) is 4.68 Å². The second kappa shape index (κ2) is 14.4. The van der Waals surface area contributed by atoms with Crippen molar-refractivity contribution in [2.45, 2.75) is 71.8 Å². The number of carbonyl (C=O) groups excluding carboxylic acids is 2. The first kappa shape index (κ1) is 29.0. The van der Waals surface area contributed by atoms with Crippen LogP contribution in [0.1, 0.15) is 70.6 Å². The van der Waals surface area contributed by atoms with Crippen LogP contribution in [0, 0.1) is 6.92 Å². The Morgan fingerprint density at radius 3 is 2.45 bits per heavy atom. The Bertz CT molecular complexity index is 1180. The van der Waals surface area contributed by atoms with Crippen LogP contribution in [0.25, 0.3) is 0 Å².